The fraction of sp³-hybridized carbons (Fsp3) is 0.600. The second kappa shape index (κ2) is 4.69. The van der Waals surface area contributed by atoms with Crippen molar-refractivity contribution in [3.63, 3.8) is 0 Å². The van der Waals surface area contributed by atoms with Crippen molar-refractivity contribution in [1.29, 1.82) is 5.41 Å². The number of hydrogen-bond donors (Lipinski definition) is 4. The molecule has 1 aromatic rings. The van der Waals surface area contributed by atoms with Gasteiger partial charge in [0.05, 0.1) is 11.7 Å². The normalized spacial score (nSPS) is 19.6. The summed E-state index contributed by atoms with van der Waals surface area (Å²) in [6.07, 6.45) is 5.28. The Morgan fingerprint density at radius 2 is 2.11 bits per heavy atom. The Morgan fingerprint density at radius 1 is 1.44 bits per heavy atom. The maximum atomic E-state index is 12.1. The molecule has 0 amide bonds. The average Bonchev–Trinajstić information content (AvgIpc) is 2.83. The molecule has 0 aromatic carbocycles. The Balaban J connectivity index is 2.27. The van der Waals surface area contributed by atoms with Gasteiger partial charge >= 0.3 is 0 Å². The molecule has 0 atom stereocenters. The summed E-state index contributed by atoms with van der Waals surface area (Å²) in [6, 6.07) is 1.37. The van der Waals surface area contributed by atoms with E-state index < -0.39 is 15.6 Å². The van der Waals surface area contributed by atoms with Crippen molar-refractivity contribution in [2.75, 3.05) is 0 Å². The summed E-state index contributed by atoms with van der Waals surface area (Å²) in [5, 5.41) is 13.7. The van der Waals surface area contributed by atoms with Gasteiger partial charge in [-0.2, -0.15) is 9.82 Å². The molecule has 0 bridgehead atoms. The first-order valence-corrected chi connectivity index (χ1v) is 7.32. The molecule has 7 nitrogen and oxygen atoms in total. The van der Waals surface area contributed by atoms with Crippen LogP contribution in [0.3, 0.4) is 0 Å². The summed E-state index contributed by atoms with van der Waals surface area (Å²) < 4.78 is 26.8. The third-order valence-corrected chi connectivity index (χ3v) is 4.78. The Morgan fingerprint density at radius 3 is 2.61 bits per heavy atom. The lowest BCUT2D eigenvalue weighted by molar-refractivity contribution is 0.348. The van der Waals surface area contributed by atoms with Gasteiger partial charge in [-0.15, -0.1) is 0 Å². The summed E-state index contributed by atoms with van der Waals surface area (Å²) in [5.74, 6) is -0.120. The van der Waals surface area contributed by atoms with Crippen LogP contribution in [0, 0.1) is 5.41 Å². The summed E-state index contributed by atoms with van der Waals surface area (Å²) in [6.45, 7) is 0. The van der Waals surface area contributed by atoms with Gasteiger partial charge in [0.25, 0.3) is 10.0 Å². The lowest BCUT2D eigenvalue weighted by Gasteiger charge is -2.36. The van der Waals surface area contributed by atoms with Gasteiger partial charge in [0.2, 0.25) is 0 Å². The number of hydrogen-bond acceptors (Lipinski definition) is 4. The first-order chi connectivity index (χ1) is 8.46. The molecule has 0 unspecified atom stereocenters. The molecule has 1 fully saturated rings. The molecule has 0 radical (unpaired) electrons. The summed E-state index contributed by atoms with van der Waals surface area (Å²) in [7, 11) is -3.71. The molecule has 0 spiro atoms. The third-order valence-electron chi connectivity index (χ3n) is 3.32. The molecule has 18 heavy (non-hydrogen) atoms. The molecule has 5 N–H and O–H groups in total. The van der Waals surface area contributed by atoms with Crippen LogP contribution < -0.4 is 10.5 Å². The Labute approximate surface area is 106 Å². The van der Waals surface area contributed by atoms with Crippen molar-refractivity contribution in [3.05, 3.63) is 12.3 Å². The van der Waals surface area contributed by atoms with Crippen molar-refractivity contribution >= 4 is 15.9 Å². The summed E-state index contributed by atoms with van der Waals surface area (Å²) in [5.41, 5.74) is 4.65. The van der Waals surface area contributed by atoms with Gasteiger partial charge < -0.3 is 5.73 Å². The first-order valence-electron chi connectivity index (χ1n) is 5.84. The topological polar surface area (TPSA) is 125 Å². The molecule has 1 aliphatic rings. The highest BCUT2D eigenvalue weighted by Gasteiger charge is 2.39. The zero-order valence-corrected chi connectivity index (χ0v) is 10.8. The average molecular weight is 271 g/mol. The van der Waals surface area contributed by atoms with Gasteiger partial charge in [0.15, 0.2) is 5.03 Å². The van der Waals surface area contributed by atoms with Gasteiger partial charge in [0, 0.05) is 0 Å². The van der Waals surface area contributed by atoms with Crippen molar-refractivity contribution in [2.24, 2.45) is 5.73 Å². The minimum Gasteiger partial charge on any atom is -0.386 e. The molecule has 100 valence electrons. The fourth-order valence-electron chi connectivity index (χ4n) is 2.29. The Hall–Kier alpha value is -1.41. The van der Waals surface area contributed by atoms with Crippen LogP contribution in [0.25, 0.3) is 0 Å². The molecule has 0 aliphatic heterocycles. The van der Waals surface area contributed by atoms with Crippen LogP contribution in [0.2, 0.25) is 0 Å². The van der Waals surface area contributed by atoms with Crippen LogP contribution in [0.5, 0.6) is 0 Å². The van der Waals surface area contributed by atoms with Crippen LogP contribution in [-0.2, 0) is 10.0 Å². The predicted molar refractivity (Wildman–Crippen MR) is 66.6 cm³/mol. The number of H-pyrrole nitrogens is 1. The van der Waals surface area contributed by atoms with Crippen molar-refractivity contribution in [2.45, 2.75) is 42.7 Å². The SMILES string of the molecule is N=C(N)C1(NS(=O)(=O)c2ccn[nH]2)CCCCC1. The molecule has 2 rings (SSSR count). The molecular weight excluding hydrogens is 254 g/mol. The summed E-state index contributed by atoms with van der Waals surface area (Å²) in [4.78, 5) is 0. The van der Waals surface area contributed by atoms with E-state index in [1.54, 1.807) is 0 Å². The van der Waals surface area contributed by atoms with E-state index >= 15 is 0 Å². The zero-order chi connectivity index (χ0) is 13.2. The van der Waals surface area contributed by atoms with Crippen LogP contribution in [-0.4, -0.2) is 30.0 Å². The monoisotopic (exact) mass is 271 g/mol. The van der Waals surface area contributed by atoms with Crippen molar-refractivity contribution in [3.8, 4) is 0 Å². The quantitative estimate of drug-likeness (QED) is 0.465. The van der Waals surface area contributed by atoms with Crippen LogP contribution in [0.4, 0.5) is 0 Å². The van der Waals surface area contributed by atoms with E-state index in [2.05, 4.69) is 14.9 Å². The molecule has 1 heterocycles. The second-order valence-electron chi connectivity index (χ2n) is 4.58. The third kappa shape index (κ3) is 2.39. The minimum absolute atomic E-state index is 0.00583. The van der Waals surface area contributed by atoms with E-state index in [1.807, 2.05) is 0 Å². The maximum Gasteiger partial charge on any atom is 0.258 e. The lowest BCUT2D eigenvalue weighted by Crippen LogP contribution is -2.58. The van der Waals surface area contributed by atoms with Gasteiger partial charge in [-0.3, -0.25) is 10.5 Å². The standard InChI is InChI=1S/C10H17N5O2S/c11-9(12)10(5-2-1-3-6-10)15-18(16,17)8-4-7-13-14-8/h4,7,15H,1-3,5-6H2,(H3,11,12)(H,13,14). The van der Waals surface area contributed by atoms with E-state index in [0.29, 0.717) is 12.8 Å². The van der Waals surface area contributed by atoms with E-state index in [1.165, 1.54) is 12.3 Å². The molecule has 0 saturated heterocycles. The van der Waals surface area contributed by atoms with E-state index in [0.717, 1.165) is 19.3 Å². The zero-order valence-electron chi connectivity index (χ0n) is 9.94. The molecular formula is C10H17N5O2S. The predicted octanol–water partition coefficient (Wildman–Crippen LogP) is 0.327. The highest BCUT2D eigenvalue weighted by Crippen LogP contribution is 2.29. The number of nitrogens with two attached hydrogens (primary N) is 1. The second-order valence-corrected chi connectivity index (χ2v) is 6.23. The smallest absolute Gasteiger partial charge is 0.258 e. The molecule has 1 saturated carbocycles. The summed E-state index contributed by atoms with van der Waals surface area (Å²) >= 11 is 0. The Kier molecular flexibility index (Phi) is 3.40. The first kappa shape index (κ1) is 13.0. The number of nitrogens with one attached hydrogen (secondary N) is 3. The number of nitrogens with zero attached hydrogens (tertiary/aromatic N) is 1. The minimum atomic E-state index is -3.71. The number of aromatic amines is 1. The number of rotatable bonds is 4. The number of amidine groups is 1. The fourth-order valence-corrected chi connectivity index (χ4v) is 3.64. The maximum absolute atomic E-state index is 12.1. The largest absolute Gasteiger partial charge is 0.386 e. The van der Waals surface area contributed by atoms with Crippen molar-refractivity contribution < 1.29 is 8.42 Å². The number of sulfonamides is 1. The Bertz CT molecular complexity index is 516. The van der Waals surface area contributed by atoms with Gasteiger partial charge in [-0.25, -0.2) is 8.42 Å². The van der Waals surface area contributed by atoms with Crippen LogP contribution in [0.15, 0.2) is 17.3 Å². The van der Waals surface area contributed by atoms with Crippen molar-refractivity contribution in [1.82, 2.24) is 14.9 Å². The van der Waals surface area contributed by atoms with E-state index in [-0.39, 0.29) is 10.9 Å². The highest BCUT2D eigenvalue weighted by molar-refractivity contribution is 7.89. The van der Waals surface area contributed by atoms with Gasteiger partial charge in [-0.1, -0.05) is 19.3 Å². The lowest BCUT2D eigenvalue weighted by atomic mass is 9.82. The van der Waals surface area contributed by atoms with Crippen LogP contribution >= 0.6 is 0 Å². The van der Waals surface area contributed by atoms with Gasteiger partial charge in [-0.05, 0) is 18.9 Å². The molecule has 1 aromatic heterocycles. The van der Waals surface area contributed by atoms with E-state index in [9.17, 15) is 8.42 Å². The van der Waals surface area contributed by atoms with E-state index in [4.69, 9.17) is 11.1 Å². The van der Waals surface area contributed by atoms with Crippen LogP contribution in [0.1, 0.15) is 32.1 Å². The highest BCUT2D eigenvalue weighted by atomic mass is 32.2. The molecule has 8 heteroatoms. The molecule has 1 aliphatic carbocycles. The van der Waals surface area contributed by atoms with Gasteiger partial charge in [0.1, 0.15) is 5.84 Å². The number of aromatic nitrogens is 2.